The molecule has 0 unspecified atom stereocenters. The smallest absolute Gasteiger partial charge is 0.322 e. The van der Waals surface area contributed by atoms with Crippen LogP contribution in [0.15, 0.2) is 23.6 Å². The zero-order chi connectivity index (χ0) is 12.8. The fraction of sp³-hybridized carbons (Fsp3) is 0.333. The normalized spacial score (nSPS) is 13.3. The molecule has 0 radical (unpaired) electrons. The first kappa shape index (κ1) is 12.4. The van der Waals surface area contributed by atoms with Gasteiger partial charge in [0.05, 0.1) is 5.56 Å². The molecule has 2 aromatic rings. The predicted octanol–water partition coefficient (Wildman–Crippen LogP) is 4.11. The van der Waals surface area contributed by atoms with Crippen molar-refractivity contribution in [3.05, 3.63) is 34.7 Å². The van der Waals surface area contributed by atoms with Gasteiger partial charge in [-0.15, -0.1) is 11.3 Å². The summed E-state index contributed by atoms with van der Waals surface area (Å²) in [7, 11) is 0. The van der Waals surface area contributed by atoms with E-state index in [9.17, 15) is 13.2 Å². The van der Waals surface area contributed by atoms with Gasteiger partial charge in [-0.2, -0.15) is 13.2 Å². The Hall–Kier alpha value is -1.07. The van der Waals surface area contributed by atoms with Crippen LogP contribution in [-0.2, 0) is 11.7 Å². The maximum Gasteiger partial charge on any atom is 0.416 e. The monoisotopic (exact) mass is 259 g/mol. The van der Waals surface area contributed by atoms with E-state index in [-0.39, 0.29) is 0 Å². The van der Waals surface area contributed by atoms with E-state index in [2.05, 4.69) is 0 Å². The summed E-state index contributed by atoms with van der Waals surface area (Å²) in [6.45, 7) is 3.57. The van der Waals surface area contributed by atoms with Crippen LogP contribution in [0.2, 0.25) is 0 Å². The molecule has 1 aromatic heterocycles. The van der Waals surface area contributed by atoms with Gasteiger partial charge < -0.3 is 5.73 Å². The van der Waals surface area contributed by atoms with Crippen molar-refractivity contribution in [3.8, 4) is 0 Å². The predicted molar refractivity (Wildman–Crippen MR) is 64.0 cm³/mol. The van der Waals surface area contributed by atoms with Crippen molar-refractivity contribution in [2.75, 3.05) is 0 Å². The molecule has 1 aromatic carbocycles. The molecule has 0 saturated heterocycles. The molecule has 1 nitrogen and oxygen atoms in total. The summed E-state index contributed by atoms with van der Waals surface area (Å²) in [5, 5.41) is 2.42. The van der Waals surface area contributed by atoms with Gasteiger partial charge in [0, 0.05) is 10.2 Å². The second-order valence-electron chi connectivity index (χ2n) is 4.58. The summed E-state index contributed by atoms with van der Waals surface area (Å²) in [6.07, 6.45) is -4.31. The van der Waals surface area contributed by atoms with E-state index < -0.39 is 17.3 Å². The third-order valence-electron chi connectivity index (χ3n) is 2.59. The number of hydrogen-bond acceptors (Lipinski definition) is 2. The average molecular weight is 259 g/mol. The number of hydrogen-bond donors (Lipinski definition) is 1. The van der Waals surface area contributed by atoms with Gasteiger partial charge in [-0.05, 0) is 48.4 Å². The number of alkyl halides is 3. The van der Waals surface area contributed by atoms with Crippen LogP contribution in [0.1, 0.15) is 25.0 Å². The number of halogens is 3. The first-order valence-electron chi connectivity index (χ1n) is 5.07. The second kappa shape index (κ2) is 3.71. The van der Waals surface area contributed by atoms with Crippen molar-refractivity contribution >= 4 is 21.4 Å². The van der Waals surface area contributed by atoms with E-state index >= 15 is 0 Å². The third-order valence-corrected chi connectivity index (χ3v) is 3.56. The van der Waals surface area contributed by atoms with E-state index in [0.717, 1.165) is 16.3 Å². The van der Waals surface area contributed by atoms with E-state index in [4.69, 9.17) is 5.73 Å². The van der Waals surface area contributed by atoms with Crippen LogP contribution in [-0.4, -0.2) is 0 Å². The molecule has 17 heavy (non-hydrogen) atoms. The molecule has 0 bridgehead atoms. The molecule has 2 rings (SSSR count). The fourth-order valence-electron chi connectivity index (χ4n) is 1.70. The van der Waals surface area contributed by atoms with Crippen molar-refractivity contribution in [1.29, 1.82) is 0 Å². The molecule has 0 atom stereocenters. The molecule has 2 N–H and O–H groups in total. The first-order valence-corrected chi connectivity index (χ1v) is 5.95. The first-order chi connectivity index (χ1) is 7.69. The quantitative estimate of drug-likeness (QED) is 0.819. The Morgan fingerprint density at radius 2 is 1.82 bits per heavy atom. The van der Waals surface area contributed by atoms with Crippen LogP contribution in [0.25, 0.3) is 10.1 Å². The minimum Gasteiger partial charge on any atom is -0.322 e. The Morgan fingerprint density at radius 1 is 1.18 bits per heavy atom. The van der Waals surface area contributed by atoms with Gasteiger partial charge in [-0.3, -0.25) is 0 Å². The van der Waals surface area contributed by atoms with Crippen LogP contribution < -0.4 is 5.73 Å². The third kappa shape index (κ3) is 2.30. The van der Waals surface area contributed by atoms with Gasteiger partial charge in [0.1, 0.15) is 0 Å². The Morgan fingerprint density at radius 3 is 2.35 bits per heavy atom. The molecule has 1 heterocycles. The molecule has 0 fully saturated rings. The Balaban J connectivity index is 2.67. The van der Waals surface area contributed by atoms with Crippen LogP contribution >= 0.6 is 11.3 Å². The number of nitrogens with two attached hydrogens (primary N) is 1. The van der Waals surface area contributed by atoms with Gasteiger partial charge in [0.25, 0.3) is 0 Å². The number of fused-ring (bicyclic) bond motifs is 1. The zero-order valence-electron chi connectivity index (χ0n) is 9.43. The maximum absolute atomic E-state index is 12.6. The molecule has 0 saturated carbocycles. The summed E-state index contributed by atoms with van der Waals surface area (Å²) in [6, 6.07) is 3.78. The summed E-state index contributed by atoms with van der Waals surface area (Å²) in [5.41, 5.74) is 5.44. The molecule has 0 spiro atoms. The molecule has 5 heteroatoms. The van der Waals surface area contributed by atoms with Crippen molar-refractivity contribution in [1.82, 2.24) is 0 Å². The Labute approximate surface area is 101 Å². The number of benzene rings is 1. The van der Waals surface area contributed by atoms with Gasteiger partial charge in [0.2, 0.25) is 0 Å². The topological polar surface area (TPSA) is 26.0 Å². The van der Waals surface area contributed by atoms with Crippen molar-refractivity contribution < 1.29 is 13.2 Å². The van der Waals surface area contributed by atoms with Crippen LogP contribution in [0, 0.1) is 0 Å². The van der Waals surface area contributed by atoms with Crippen molar-refractivity contribution in [2.24, 2.45) is 5.73 Å². The minimum atomic E-state index is -4.31. The lowest BCUT2D eigenvalue weighted by Gasteiger charge is -2.18. The summed E-state index contributed by atoms with van der Waals surface area (Å²) < 4.78 is 38.7. The van der Waals surface area contributed by atoms with Crippen LogP contribution in [0.4, 0.5) is 13.2 Å². The van der Waals surface area contributed by atoms with E-state index in [0.29, 0.717) is 5.39 Å². The molecular weight excluding hydrogens is 247 g/mol. The number of thiophene rings is 1. The minimum absolute atomic E-state index is 0.595. The van der Waals surface area contributed by atoms with Gasteiger partial charge >= 0.3 is 6.18 Å². The standard InChI is InChI=1S/C12H12F3NS/c1-11(2,16)9-6-17-10-4-3-7(5-8(9)10)12(13,14)15/h3-6H,16H2,1-2H3. The fourth-order valence-corrected chi connectivity index (χ4v) is 2.82. The molecule has 0 amide bonds. The van der Waals surface area contributed by atoms with Gasteiger partial charge in [-0.25, -0.2) is 0 Å². The number of rotatable bonds is 1. The lowest BCUT2D eigenvalue weighted by molar-refractivity contribution is -0.137. The molecule has 0 aliphatic carbocycles. The second-order valence-corrected chi connectivity index (χ2v) is 5.49. The van der Waals surface area contributed by atoms with Crippen LogP contribution in [0.3, 0.4) is 0 Å². The molecule has 0 aliphatic rings. The summed E-state index contributed by atoms with van der Waals surface area (Å²) >= 11 is 1.41. The molecule has 0 aliphatic heterocycles. The van der Waals surface area contributed by atoms with Crippen molar-refractivity contribution in [2.45, 2.75) is 25.6 Å². The highest BCUT2D eigenvalue weighted by molar-refractivity contribution is 7.17. The summed E-state index contributed by atoms with van der Waals surface area (Å²) in [5.74, 6) is 0. The lowest BCUT2D eigenvalue weighted by Crippen LogP contribution is -2.28. The van der Waals surface area contributed by atoms with E-state index in [1.807, 2.05) is 5.38 Å². The maximum atomic E-state index is 12.6. The lowest BCUT2D eigenvalue weighted by atomic mass is 9.94. The Bertz CT molecular complexity index is 549. The zero-order valence-corrected chi connectivity index (χ0v) is 10.2. The SMILES string of the molecule is CC(C)(N)c1csc2ccc(C(F)(F)F)cc12. The average Bonchev–Trinajstić information content (AvgIpc) is 2.57. The van der Waals surface area contributed by atoms with E-state index in [1.54, 1.807) is 13.8 Å². The Kier molecular flexibility index (Phi) is 2.71. The van der Waals surface area contributed by atoms with Crippen LogP contribution in [0.5, 0.6) is 0 Å². The van der Waals surface area contributed by atoms with Gasteiger partial charge in [-0.1, -0.05) is 0 Å². The highest BCUT2D eigenvalue weighted by Gasteiger charge is 2.31. The van der Waals surface area contributed by atoms with Gasteiger partial charge in [0.15, 0.2) is 0 Å². The molecular formula is C12H12F3NS. The van der Waals surface area contributed by atoms with Crippen molar-refractivity contribution in [3.63, 3.8) is 0 Å². The molecule has 92 valence electrons. The highest BCUT2D eigenvalue weighted by atomic mass is 32.1. The largest absolute Gasteiger partial charge is 0.416 e. The highest BCUT2D eigenvalue weighted by Crippen LogP contribution is 2.37. The summed E-state index contributed by atoms with van der Waals surface area (Å²) in [4.78, 5) is 0. The van der Waals surface area contributed by atoms with E-state index in [1.165, 1.54) is 23.5 Å².